The van der Waals surface area contributed by atoms with E-state index in [0.717, 1.165) is 22.5 Å². The molecule has 164 valence electrons. The number of nitrogens with zero attached hydrogens (tertiary/aromatic N) is 1. The van der Waals surface area contributed by atoms with E-state index in [-0.39, 0.29) is 12.2 Å². The number of thioether (sulfide) groups is 1. The normalized spacial score (nSPS) is 15.2. The molecule has 3 aromatic rings. The predicted octanol–water partition coefficient (Wildman–Crippen LogP) is 4.45. The van der Waals surface area contributed by atoms with E-state index in [1.807, 2.05) is 60.7 Å². The molecule has 0 amide bonds. The van der Waals surface area contributed by atoms with Gasteiger partial charge in [0, 0.05) is 23.3 Å². The summed E-state index contributed by atoms with van der Waals surface area (Å²) in [6, 6.07) is 19.8. The number of rotatable bonds is 10. The first-order chi connectivity index (χ1) is 14.8. The Morgan fingerprint density at radius 2 is 1.68 bits per heavy atom. The minimum absolute atomic E-state index is 0.0252. The van der Waals surface area contributed by atoms with Crippen molar-refractivity contribution in [3.63, 3.8) is 0 Å². The molecule has 2 aromatic carbocycles. The van der Waals surface area contributed by atoms with Gasteiger partial charge in [-0.1, -0.05) is 79.3 Å². The lowest BCUT2D eigenvalue weighted by Crippen LogP contribution is -2.42. The molecular formula is C24H28N2O4S. The van der Waals surface area contributed by atoms with Crippen molar-refractivity contribution in [1.82, 2.24) is 9.97 Å². The van der Waals surface area contributed by atoms with Crippen LogP contribution < -0.4 is 0 Å². The molecule has 0 aliphatic rings. The second-order valence-corrected chi connectivity index (χ2v) is 8.83. The van der Waals surface area contributed by atoms with E-state index in [0.29, 0.717) is 11.6 Å². The summed E-state index contributed by atoms with van der Waals surface area (Å²) >= 11 is 1.35. The number of H-pyrrole nitrogens is 1. The SMILES string of the molecule is CCC(C(=O)O)[C@@](C)(O)C[C@H](O)CSc1nc(-c2ccccc2)c(-c2ccccc2)[nH]1. The number of carbonyl (C=O) groups is 1. The van der Waals surface area contributed by atoms with Gasteiger partial charge in [-0.2, -0.15) is 0 Å². The molecule has 3 rings (SSSR count). The number of imidazole rings is 1. The molecule has 31 heavy (non-hydrogen) atoms. The second kappa shape index (κ2) is 10.1. The Bertz CT molecular complexity index is 932. The zero-order valence-corrected chi connectivity index (χ0v) is 18.5. The first-order valence-corrected chi connectivity index (χ1v) is 11.3. The van der Waals surface area contributed by atoms with Gasteiger partial charge in [-0.15, -0.1) is 0 Å². The predicted molar refractivity (Wildman–Crippen MR) is 123 cm³/mol. The van der Waals surface area contributed by atoms with Crippen molar-refractivity contribution in [3.8, 4) is 22.5 Å². The lowest BCUT2D eigenvalue weighted by Gasteiger charge is -2.31. The van der Waals surface area contributed by atoms with Gasteiger partial charge >= 0.3 is 5.97 Å². The minimum atomic E-state index is -1.49. The van der Waals surface area contributed by atoms with Gasteiger partial charge in [0.25, 0.3) is 0 Å². The average molecular weight is 441 g/mol. The van der Waals surface area contributed by atoms with Gasteiger partial charge in [0.15, 0.2) is 5.16 Å². The van der Waals surface area contributed by atoms with Crippen molar-refractivity contribution in [2.75, 3.05) is 5.75 Å². The Hall–Kier alpha value is -2.61. The molecule has 1 heterocycles. The molecule has 0 saturated carbocycles. The molecule has 7 heteroatoms. The topological polar surface area (TPSA) is 106 Å². The van der Waals surface area contributed by atoms with Crippen LogP contribution in [0, 0.1) is 5.92 Å². The highest BCUT2D eigenvalue weighted by atomic mass is 32.2. The number of aromatic nitrogens is 2. The van der Waals surface area contributed by atoms with Crippen LogP contribution in [0.1, 0.15) is 26.7 Å². The van der Waals surface area contributed by atoms with Crippen LogP contribution in [-0.4, -0.2) is 48.7 Å². The summed E-state index contributed by atoms with van der Waals surface area (Å²) in [6.07, 6.45) is -0.608. The lowest BCUT2D eigenvalue weighted by atomic mass is 9.83. The molecule has 0 bridgehead atoms. The van der Waals surface area contributed by atoms with Gasteiger partial charge in [0.1, 0.15) is 0 Å². The van der Waals surface area contributed by atoms with Crippen LogP contribution in [0.25, 0.3) is 22.5 Å². The van der Waals surface area contributed by atoms with Crippen molar-refractivity contribution in [2.24, 2.45) is 5.92 Å². The molecule has 0 aliphatic carbocycles. The molecule has 1 unspecified atom stereocenters. The van der Waals surface area contributed by atoms with Gasteiger partial charge in [-0.05, 0) is 13.3 Å². The fraction of sp³-hybridized carbons (Fsp3) is 0.333. The summed E-state index contributed by atoms with van der Waals surface area (Å²) in [6.45, 7) is 3.19. The number of nitrogens with one attached hydrogen (secondary N) is 1. The molecule has 6 nitrogen and oxygen atoms in total. The molecule has 0 saturated heterocycles. The first-order valence-electron chi connectivity index (χ1n) is 10.3. The second-order valence-electron chi connectivity index (χ2n) is 7.82. The summed E-state index contributed by atoms with van der Waals surface area (Å²) in [5.74, 6) is -1.70. The van der Waals surface area contributed by atoms with E-state index in [2.05, 4.69) is 4.98 Å². The molecular weight excluding hydrogens is 412 g/mol. The monoisotopic (exact) mass is 440 g/mol. The Morgan fingerprint density at radius 1 is 1.10 bits per heavy atom. The number of benzene rings is 2. The van der Waals surface area contributed by atoms with Gasteiger partial charge < -0.3 is 20.3 Å². The quantitative estimate of drug-likeness (QED) is 0.347. The highest BCUT2D eigenvalue weighted by Gasteiger charge is 2.37. The third kappa shape index (κ3) is 5.76. The lowest BCUT2D eigenvalue weighted by molar-refractivity contribution is -0.153. The van der Waals surface area contributed by atoms with Crippen LogP contribution in [0.15, 0.2) is 65.8 Å². The number of aliphatic carboxylic acids is 1. The van der Waals surface area contributed by atoms with Crippen LogP contribution >= 0.6 is 11.8 Å². The van der Waals surface area contributed by atoms with Crippen molar-refractivity contribution < 1.29 is 20.1 Å². The Labute approximate surface area is 186 Å². The van der Waals surface area contributed by atoms with Crippen LogP contribution in [0.2, 0.25) is 0 Å². The van der Waals surface area contributed by atoms with Gasteiger partial charge in [-0.3, -0.25) is 4.79 Å². The average Bonchev–Trinajstić information content (AvgIpc) is 3.17. The number of carboxylic acid groups (broad SMARTS) is 1. The van der Waals surface area contributed by atoms with E-state index < -0.39 is 23.6 Å². The number of aliphatic hydroxyl groups excluding tert-OH is 1. The standard InChI is InChI=1S/C24H28N2O4S/c1-3-19(22(28)29)24(2,30)14-18(27)15-31-23-25-20(16-10-6-4-7-11-16)21(26-23)17-12-8-5-9-13-17/h4-13,18-19,27,30H,3,14-15H2,1-2H3,(H,25,26)(H,28,29)/t18-,19?,24-/m0/s1. The Kier molecular flexibility index (Phi) is 7.54. The van der Waals surface area contributed by atoms with Crippen molar-refractivity contribution in [3.05, 3.63) is 60.7 Å². The first kappa shape index (κ1) is 23.1. The molecule has 3 atom stereocenters. The summed E-state index contributed by atoms with van der Waals surface area (Å²) in [7, 11) is 0. The van der Waals surface area contributed by atoms with Gasteiger partial charge in [0.2, 0.25) is 0 Å². The highest BCUT2D eigenvalue weighted by molar-refractivity contribution is 7.99. The van der Waals surface area contributed by atoms with Gasteiger partial charge in [0.05, 0.1) is 29.0 Å². The van der Waals surface area contributed by atoms with Crippen LogP contribution in [0.5, 0.6) is 0 Å². The maximum absolute atomic E-state index is 11.4. The van der Waals surface area contributed by atoms with Crippen molar-refractivity contribution >= 4 is 17.7 Å². The highest BCUT2D eigenvalue weighted by Crippen LogP contribution is 2.33. The van der Waals surface area contributed by atoms with Crippen molar-refractivity contribution in [2.45, 2.75) is 43.6 Å². The van der Waals surface area contributed by atoms with Crippen molar-refractivity contribution in [1.29, 1.82) is 0 Å². The van der Waals surface area contributed by atoms with Crippen LogP contribution in [-0.2, 0) is 4.79 Å². The maximum Gasteiger partial charge on any atom is 0.309 e. The van der Waals surface area contributed by atoms with Crippen LogP contribution in [0.4, 0.5) is 0 Å². The smallest absolute Gasteiger partial charge is 0.309 e. The molecule has 0 fully saturated rings. The molecule has 4 N–H and O–H groups in total. The molecule has 1 aromatic heterocycles. The summed E-state index contributed by atoms with van der Waals surface area (Å²) in [5.41, 5.74) is 2.23. The molecule has 0 radical (unpaired) electrons. The maximum atomic E-state index is 11.4. The minimum Gasteiger partial charge on any atom is -0.481 e. The number of carboxylic acids is 1. The molecule has 0 spiro atoms. The number of hydrogen-bond acceptors (Lipinski definition) is 5. The fourth-order valence-corrected chi connectivity index (χ4v) is 4.57. The van der Waals surface area contributed by atoms with E-state index in [4.69, 9.17) is 4.98 Å². The van der Waals surface area contributed by atoms with Crippen LogP contribution in [0.3, 0.4) is 0 Å². The summed E-state index contributed by atoms with van der Waals surface area (Å²) in [4.78, 5) is 19.5. The fourth-order valence-electron chi connectivity index (χ4n) is 3.77. The van der Waals surface area contributed by atoms with E-state index in [1.54, 1.807) is 6.92 Å². The van der Waals surface area contributed by atoms with Gasteiger partial charge in [-0.25, -0.2) is 4.98 Å². The largest absolute Gasteiger partial charge is 0.481 e. The van der Waals surface area contributed by atoms with E-state index >= 15 is 0 Å². The number of hydrogen-bond donors (Lipinski definition) is 4. The summed E-state index contributed by atoms with van der Waals surface area (Å²) in [5, 5.41) is 31.0. The summed E-state index contributed by atoms with van der Waals surface area (Å²) < 4.78 is 0. The third-order valence-electron chi connectivity index (χ3n) is 5.31. The van der Waals surface area contributed by atoms with E-state index in [1.165, 1.54) is 18.7 Å². The molecule has 0 aliphatic heterocycles. The van der Waals surface area contributed by atoms with E-state index in [9.17, 15) is 20.1 Å². The zero-order chi connectivity index (χ0) is 22.4. The Morgan fingerprint density at radius 3 is 2.23 bits per heavy atom. The zero-order valence-electron chi connectivity index (χ0n) is 17.7. The number of aromatic amines is 1. The Balaban J connectivity index is 1.76. The third-order valence-corrected chi connectivity index (χ3v) is 6.33. The number of aliphatic hydroxyl groups is 2.